The van der Waals surface area contributed by atoms with Gasteiger partial charge in [0.25, 0.3) is 0 Å². The van der Waals surface area contributed by atoms with Crippen LogP contribution in [-0.2, 0) is 0 Å². The number of unbranched alkanes of at least 4 members (excludes halogenated alkanes) is 2. The minimum absolute atomic E-state index is 0.318. The molecule has 0 spiro atoms. The molecule has 0 aliphatic heterocycles. The van der Waals surface area contributed by atoms with Crippen LogP contribution in [0.4, 0.5) is 0 Å². The van der Waals surface area contributed by atoms with Gasteiger partial charge in [0.1, 0.15) is 0 Å². The number of rotatable bonds is 4. The highest BCUT2D eigenvalue weighted by Gasteiger charge is 1.86. The Labute approximate surface area is 69.1 Å². The van der Waals surface area contributed by atoms with Crippen molar-refractivity contribution in [3.63, 3.8) is 0 Å². The molecule has 3 heteroatoms. The van der Waals surface area contributed by atoms with Crippen molar-refractivity contribution in [2.24, 2.45) is 5.73 Å². The maximum absolute atomic E-state index is 6.85. The lowest BCUT2D eigenvalue weighted by atomic mass is 10.2. The highest BCUT2D eigenvalue weighted by atomic mass is 32.1. The average Bonchev–Trinajstić information content (AvgIpc) is 1.92. The zero-order valence-electron chi connectivity index (χ0n) is 6.85. The lowest BCUT2D eigenvalue weighted by Crippen LogP contribution is -2.08. The monoisotopic (exact) mass is 162 g/mol. The molecule has 0 aromatic carbocycles. The summed E-state index contributed by atoms with van der Waals surface area (Å²) in [7, 11) is 0. The lowest BCUT2D eigenvalue weighted by Gasteiger charge is -1.93. The van der Waals surface area contributed by atoms with E-state index >= 15 is 0 Å². The van der Waals surface area contributed by atoms with E-state index in [-0.39, 0.29) is 0 Å². The van der Waals surface area contributed by atoms with Crippen LogP contribution >= 0.6 is 12.6 Å². The molecular formula is C7H18N2S. The second kappa shape index (κ2) is 11.6. The van der Waals surface area contributed by atoms with Gasteiger partial charge in [-0.2, -0.15) is 12.6 Å². The van der Waals surface area contributed by atoms with E-state index < -0.39 is 0 Å². The van der Waals surface area contributed by atoms with Gasteiger partial charge in [-0.05, 0) is 12.7 Å². The molecule has 0 aliphatic carbocycles. The zero-order chi connectivity index (χ0) is 8.41. The SMILES string of the molecule is CCCCCC(=N)N.CS. The lowest BCUT2D eigenvalue weighted by molar-refractivity contribution is 0.738. The summed E-state index contributed by atoms with van der Waals surface area (Å²) in [6.45, 7) is 2.14. The van der Waals surface area contributed by atoms with E-state index in [2.05, 4.69) is 19.6 Å². The predicted octanol–water partition coefficient (Wildman–Crippen LogP) is 2.05. The molecule has 0 bridgehead atoms. The average molecular weight is 162 g/mol. The molecule has 0 saturated heterocycles. The maximum Gasteiger partial charge on any atom is 0.0905 e. The van der Waals surface area contributed by atoms with Crippen molar-refractivity contribution in [3.05, 3.63) is 0 Å². The van der Waals surface area contributed by atoms with Gasteiger partial charge in [-0.3, -0.25) is 5.41 Å². The van der Waals surface area contributed by atoms with Crippen LogP contribution in [0.15, 0.2) is 0 Å². The van der Waals surface area contributed by atoms with Crippen LogP contribution in [0.1, 0.15) is 32.6 Å². The van der Waals surface area contributed by atoms with Gasteiger partial charge >= 0.3 is 0 Å². The largest absolute Gasteiger partial charge is 0.388 e. The minimum Gasteiger partial charge on any atom is -0.388 e. The van der Waals surface area contributed by atoms with Crippen molar-refractivity contribution in [2.75, 3.05) is 6.26 Å². The van der Waals surface area contributed by atoms with Gasteiger partial charge in [-0.25, -0.2) is 0 Å². The van der Waals surface area contributed by atoms with Crippen LogP contribution in [0, 0.1) is 5.41 Å². The molecule has 0 rings (SSSR count). The first-order chi connectivity index (χ1) is 4.77. The molecule has 0 fully saturated rings. The van der Waals surface area contributed by atoms with Crippen molar-refractivity contribution in [1.29, 1.82) is 5.41 Å². The number of nitrogens with two attached hydrogens (primary N) is 1. The summed E-state index contributed by atoms with van der Waals surface area (Å²) in [6, 6.07) is 0. The molecule has 0 aliphatic rings. The van der Waals surface area contributed by atoms with Crippen molar-refractivity contribution >= 4 is 18.5 Å². The highest BCUT2D eigenvalue weighted by molar-refractivity contribution is 7.79. The number of nitrogens with one attached hydrogen (secondary N) is 1. The quantitative estimate of drug-likeness (QED) is 0.252. The van der Waals surface area contributed by atoms with E-state index in [1.807, 2.05) is 0 Å². The Balaban J connectivity index is 0. The standard InChI is InChI=1S/C6H14N2.CH4S/c1-2-3-4-5-6(7)8;1-2/h2-5H2,1H3,(H3,7,8);2H,1H3. The number of amidine groups is 1. The number of hydrogen-bond acceptors (Lipinski definition) is 2. The second-order valence-corrected chi connectivity index (χ2v) is 1.98. The first kappa shape index (κ1) is 12.5. The van der Waals surface area contributed by atoms with Gasteiger partial charge in [-0.1, -0.05) is 19.8 Å². The molecule has 0 aromatic rings. The van der Waals surface area contributed by atoms with Crippen molar-refractivity contribution < 1.29 is 0 Å². The summed E-state index contributed by atoms with van der Waals surface area (Å²) in [5.41, 5.74) is 5.12. The molecule has 10 heavy (non-hydrogen) atoms. The summed E-state index contributed by atoms with van der Waals surface area (Å²) < 4.78 is 0. The Bertz CT molecular complexity index is 74.0. The Morgan fingerprint density at radius 2 is 1.90 bits per heavy atom. The topological polar surface area (TPSA) is 49.9 Å². The van der Waals surface area contributed by atoms with Crippen LogP contribution in [0.3, 0.4) is 0 Å². The van der Waals surface area contributed by atoms with Crippen LogP contribution in [0.5, 0.6) is 0 Å². The fourth-order valence-electron chi connectivity index (χ4n) is 0.565. The summed E-state index contributed by atoms with van der Waals surface area (Å²) in [6.07, 6.45) is 5.94. The first-order valence-corrected chi connectivity index (χ1v) is 4.44. The Morgan fingerprint density at radius 3 is 2.20 bits per heavy atom. The molecule has 0 saturated carbocycles. The predicted molar refractivity (Wildman–Crippen MR) is 51.0 cm³/mol. The molecule has 3 N–H and O–H groups in total. The smallest absolute Gasteiger partial charge is 0.0905 e. The van der Waals surface area contributed by atoms with Crippen LogP contribution in [0.2, 0.25) is 0 Å². The van der Waals surface area contributed by atoms with E-state index in [0.29, 0.717) is 5.84 Å². The number of hydrogen-bond donors (Lipinski definition) is 3. The van der Waals surface area contributed by atoms with E-state index in [9.17, 15) is 0 Å². The van der Waals surface area contributed by atoms with Gasteiger partial charge in [0.2, 0.25) is 0 Å². The molecule has 0 heterocycles. The Hall–Kier alpha value is -0.180. The first-order valence-electron chi connectivity index (χ1n) is 3.55. The summed E-state index contributed by atoms with van der Waals surface area (Å²) >= 11 is 3.53. The Morgan fingerprint density at radius 1 is 1.40 bits per heavy atom. The van der Waals surface area contributed by atoms with E-state index in [0.717, 1.165) is 12.8 Å². The van der Waals surface area contributed by atoms with E-state index in [1.54, 1.807) is 6.26 Å². The second-order valence-electron chi connectivity index (χ2n) is 1.98. The summed E-state index contributed by atoms with van der Waals surface area (Å²) in [5.74, 6) is 0.318. The third-order valence-corrected chi connectivity index (χ3v) is 1.05. The van der Waals surface area contributed by atoms with Crippen molar-refractivity contribution in [1.82, 2.24) is 0 Å². The molecule has 0 atom stereocenters. The van der Waals surface area contributed by atoms with E-state index in [1.165, 1.54) is 12.8 Å². The molecule has 0 aromatic heterocycles. The summed E-state index contributed by atoms with van der Waals surface area (Å²) in [5, 5.41) is 6.85. The van der Waals surface area contributed by atoms with Crippen molar-refractivity contribution in [2.45, 2.75) is 32.6 Å². The Kier molecular flexibility index (Phi) is 14.5. The van der Waals surface area contributed by atoms with Gasteiger partial charge in [-0.15, -0.1) is 0 Å². The van der Waals surface area contributed by atoms with Crippen molar-refractivity contribution in [3.8, 4) is 0 Å². The normalized spacial score (nSPS) is 7.90. The molecule has 0 amide bonds. The van der Waals surface area contributed by atoms with Gasteiger partial charge in [0.15, 0.2) is 0 Å². The van der Waals surface area contributed by atoms with Crippen LogP contribution in [0.25, 0.3) is 0 Å². The van der Waals surface area contributed by atoms with Gasteiger partial charge in [0, 0.05) is 6.42 Å². The van der Waals surface area contributed by atoms with Crippen LogP contribution in [-0.4, -0.2) is 12.1 Å². The van der Waals surface area contributed by atoms with E-state index in [4.69, 9.17) is 11.1 Å². The maximum atomic E-state index is 6.85. The van der Waals surface area contributed by atoms with Gasteiger partial charge in [0.05, 0.1) is 5.84 Å². The number of thiol groups is 1. The third kappa shape index (κ3) is 15.7. The highest BCUT2D eigenvalue weighted by Crippen LogP contribution is 1.96. The fourth-order valence-corrected chi connectivity index (χ4v) is 0.565. The molecular weight excluding hydrogens is 144 g/mol. The fraction of sp³-hybridized carbons (Fsp3) is 0.857. The molecule has 2 nitrogen and oxygen atoms in total. The minimum atomic E-state index is 0.318. The zero-order valence-corrected chi connectivity index (χ0v) is 7.75. The summed E-state index contributed by atoms with van der Waals surface area (Å²) in [4.78, 5) is 0. The third-order valence-electron chi connectivity index (χ3n) is 1.05. The molecule has 62 valence electrons. The molecule has 0 unspecified atom stereocenters. The molecule has 0 radical (unpaired) electrons. The van der Waals surface area contributed by atoms with Crippen LogP contribution < -0.4 is 5.73 Å². The van der Waals surface area contributed by atoms with Gasteiger partial charge < -0.3 is 5.73 Å².